The number of amides is 1. The van der Waals surface area contributed by atoms with Crippen LogP contribution in [0.3, 0.4) is 0 Å². The van der Waals surface area contributed by atoms with Gasteiger partial charge in [0.1, 0.15) is 11.4 Å². The van der Waals surface area contributed by atoms with E-state index in [1.54, 1.807) is 11.0 Å². The fourth-order valence-corrected chi connectivity index (χ4v) is 2.21. The lowest BCUT2D eigenvalue weighted by molar-refractivity contribution is 0.0223. The number of fused-ring (bicyclic) bond motifs is 1. The number of hydrogen-bond donors (Lipinski definition) is 1. The zero-order chi connectivity index (χ0) is 15.6. The molecule has 0 saturated heterocycles. The van der Waals surface area contributed by atoms with Crippen molar-refractivity contribution in [2.75, 3.05) is 18.9 Å². The first-order chi connectivity index (χ1) is 9.84. The molecule has 0 aromatic carbocycles. The van der Waals surface area contributed by atoms with E-state index < -0.39 is 5.60 Å². The Morgan fingerprint density at radius 3 is 2.71 bits per heavy atom. The third-order valence-corrected chi connectivity index (χ3v) is 3.15. The number of aromatic nitrogens is 2. The second-order valence-corrected chi connectivity index (χ2v) is 5.96. The lowest BCUT2D eigenvalue weighted by Crippen LogP contribution is -2.40. The minimum absolute atomic E-state index is 0.303. The molecule has 6 nitrogen and oxygen atoms in total. The van der Waals surface area contributed by atoms with Crippen LogP contribution in [0, 0.1) is 0 Å². The maximum absolute atomic E-state index is 12.2. The molecule has 1 aliphatic rings. The average molecular weight is 290 g/mol. The van der Waals surface area contributed by atoms with Gasteiger partial charge in [0.2, 0.25) is 0 Å². The molecule has 0 radical (unpaired) electrons. The molecule has 0 unspecified atom stereocenters. The van der Waals surface area contributed by atoms with Gasteiger partial charge in [-0.15, -0.1) is 0 Å². The van der Waals surface area contributed by atoms with E-state index in [4.69, 9.17) is 4.74 Å². The molecule has 6 heteroatoms. The van der Waals surface area contributed by atoms with Gasteiger partial charge < -0.3 is 15.0 Å². The molecule has 2 rings (SSSR count). The number of carbonyl (C=O) groups is 1. The molecule has 114 valence electrons. The molecule has 0 aliphatic carbocycles. The number of hydrogen-bond acceptors (Lipinski definition) is 5. The van der Waals surface area contributed by atoms with Crippen molar-refractivity contribution in [1.82, 2.24) is 14.9 Å². The van der Waals surface area contributed by atoms with Crippen LogP contribution in [0.5, 0.6) is 0 Å². The fraction of sp³-hybridized carbons (Fsp3) is 0.533. The zero-order valence-corrected chi connectivity index (χ0v) is 13.1. The standard InChI is InChI=1S/C15H22N4O2/c1-6-12-17-11-7-8-19(14(20)21-15(2,3)4)9-10(11)13(16-5)18-12/h6H,1,7-9H2,2-5H3,(H,16,17,18). The number of ether oxygens (including phenoxy) is 1. The maximum Gasteiger partial charge on any atom is 0.410 e. The Bertz CT molecular complexity index is 546. The summed E-state index contributed by atoms with van der Waals surface area (Å²) in [7, 11) is 1.81. The van der Waals surface area contributed by atoms with Gasteiger partial charge in [0.15, 0.2) is 5.82 Å². The van der Waals surface area contributed by atoms with Crippen molar-refractivity contribution in [1.29, 1.82) is 0 Å². The highest BCUT2D eigenvalue weighted by Crippen LogP contribution is 2.25. The second kappa shape index (κ2) is 5.71. The highest BCUT2D eigenvalue weighted by molar-refractivity contribution is 5.69. The Labute approximate surface area is 125 Å². The molecule has 1 aromatic rings. The molecule has 1 aliphatic heterocycles. The number of anilines is 1. The molecule has 2 heterocycles. The number of carbonyl (C=O) groups excluding carboxylic acids is 1. The summed E-state index contributed by atoms with van der Waals surface area (Å²) in [6.45, 7) is 10.3. The van der Waals surface area contributed by atoms with Gasteiger partial charge in [-0.05, 0) is 26.8 Å². The van der Waals surface area contributed by atoms with Crippen molar-refractivity contribution < 1.29 is 9.53 Å². The Morgan fingerprint density at radius 1 is 1.43 bits per heavy atom. The van der Waals surface area contributed by atoms with Gasteiger partial charge >= 0.3 is 6.09 Å². The molecule has 0 saturated carbocycles. The van der Waals surface area contributed by atoms with Gasteiger partial charge in [0.05, 0.1) is 12.2 Å². The van der Waals surface area contributed by atoms with Crippen molar-refractivity contribution in [3.05, 3.63) is 23.7 Å². The third-order valence-electron chi connectivity index (χ3n) is 3.15. The lowest BCUT2D eigenvalue weighted by Gasteiger charge is -2.31. The Morgan fingerprint density at radius 2 is 2.14 bits per heavy atom. The summed E-state index contributed by atoms with van der Waals surface area (Å²) in [5, 5.41) is 3.06. The van der Waals surface area contributed by atoms with Crippen LogP contribution in [0.25, 0.3) is 6.08 Å². The molecule has 0 fully saturated rings. The predicted molar refractivity (Wildman–Crippen MR) is 82.0 cm³/mol. The normalized spacial score (nSPS) is 14.4. The van der Waals surface area contributed by atoms with E-state index in [0.29, 0.717) is 25.3 Å². The summed E-state index contributed by atoms with van der Waals surface area (Å²) in [4.78, 5) is 22.7. The first kappa shape index (κ1) is 15.3. The summed E-state index contributed by atoms with van der Waals surface area (Å²) < 4.78 is 5.42. The molecular weight excluding hydrogens is 268 g/mol. The zero-order valence-electron chi connectivity index (χ0n) is 13.1. The molecular formula is C15H22N4O2. The summed E-state index contributed by atoms with van der Waals surface area (Å²) >= 11 is 0. The first-order valence-corrected chi connectivity index (χ1v) is 7.02. The van der Waals surface area contributed by atoms with Crippen LogP contribution in [0.2, 0.25) is 0 Å². The SMILES string of the molecule is C=Cc1nc2c(c(NC)n1)CN(C(=O)OC(C)(C)C)CC2. The minimum atomic E-state index is -0.494. The van der Waals surface area contributed by atoms with Crippen LogP contribution < -0.4 is 5.32 Å². The lowest BCUT2D eigenvalue weighted by atomic mass is 10.1. The van der Waals surface area contributed by atoms with E-state index in [0.717, 1.165) is 17.1 Å². The number of rotatable bonds is 2. The fourth-order valence-electron chi connectivity index (χ4n) is 2.21. The van der Waals surface area contributed by atoms with Gasteiger partial charge in [0, 0.05) is 25.6 Å². The Hall–Kier alpha value is -2.11. The molecule has 0 bridgehead atoms. The first-order valence-electron chi connectivity index (χ1n) is 7.02. The highest BCUT2D eigenvalue weighted by Gasteiger charge is 2.28. The van der Waals surface area contributed by atoms with Crippen LogP contribution in [0.1, 0.15) is 37.9 Å². The van der Waals surface area contributed by atoms with Crippen LogP contribution >= 0.6 is 0 Å². The van der Waals surface area contributed by atoms with Gasteiger partial charge in [-0.3, -0.25) is 0 Å². The van der Waals surface area contributed by atoms with Gasteiger partial charge in [-0.2, -0.15) is 0 Å². The molecule has 1 amide bonds. The predicted octanol–water partition coefficient (Wildman–Crippen LogP) is 2.45. The van der Waals surface area contributed by atoms with Crippen molar-refractivity contribution in [3.63, 3.8) is 0 Å². The highest BCUT2D eigenvalue weighted by atomic mass is 16.6. The summed E-state index contributed by atoms with van der Waals surface area (Å²) in [5.41, 5.74) is 1.41. The smallest absolute Gasteiger partial charge is 0.410 e. The topological polar surface area (TPSA) is 67.4 Å². The Kier molecular flexibility index (Phi) is 4.16. The van der Waals surface area contributed by atoms with Crippen molar-refractivity contribution >= 4 is 18.0 Å². The van der Waals surface area contributed by atoms with Crippen molar-refractivity contribution in [2.24, 2.45) is 0 Å². The monoisotopic (exact) mass is 290 g/mol. The van der Waals surface area contributed by atoms with E-state index in [9.17, 15) is 4.79 Å². The van der Waals surface area contributed by atoms with Gasteiger partial charge in [0.25, 0.3) is 0 Å². The van der Waals surface area contributed by atoms with Crippen molar-refractivity contribution in [3.8, 4) is 0 Å². The van der Waals surface area contributed by atoms with E-state index in [1.165, 1.54) is 0 Å². The molecule has 1 aromatic heterocycles. The second-order valence-electron chi connectivity index (χ2n) is 5.96. The molecule has 0 atom stereocenters. The minimum Gasteiger partial charge on any atom is -0.444 e. The largest absolute Gasteiger partial charge is 0.444 e. The number of nitrogens with zero attached hydrogens (tertiary/aromatic N) is 3. The summed E-state index contributed by atoms with van der Waals surface area (Å²) in [6.07, 6.45) is 2.01. The summed E-state index contributed by atoms with van der Waals surface area (Å²) in [5.74, 6) is 1.34. The van der Waals surface area contributed by atoms with E-state index in [2.05, 4.69) is 21.9 Å². The summed E-state index contributed by atoms with van der Waals surface area (Å²) in [6, 6.07) is 0. The van der Waals surface area contributed by atoms with Crippen molar-refractivity contribution in [2.45, 2.75) is 39.3 Å². The third kappa shape index (κ3) is 3.51. The molecule has 0 spiro atoms. The quantitative estimate of drug-likeness (QED) is 0.906. The van der Waals surface area contributed by atoms with Crippen LogP contribution in [0.4, 0.5) is 10.6 Å². The van der Waals surface area contributed by atoms with Gasteiger partial charge in [-0.25, -0.2) is 14.8 Å². The van der Waals surface area contributed by atoms with Crippen LogP contribution in [-0.4, -0.2) is 40.2 Å². The van der Waals surface area contributed by atoms with E-state index >= 15 is 0 Å². The maximum atomic E-state index is 12.2. The van der Waals surface area contributed by atoms with E-state index in [1.807, 2.05) is 27.8 Å². The van der Waals surface area contributed by atoms with Crippen LogP contribution in [-0.2, 0) is 17.7 Å². The average Bonchev–Trinajstić information content (AvgIpc) is 2.43. The number of nitrogens with one attached hydrogen (secondary N) is 1. The Balaban J connectivity index is 2.24. The van der Waals surface area contributed by atoms with E-state index in [-0.39, 0.29) is 6.09 Å². The van der Waals surface area contributed by atoms with Crippen LogP contribution in [0.15, 0.2) is 6.58 Å². The molecule has 21 heavy (non-hydrogen) atoms. The van der Waals surface area contributed by atoms with Gasteiger partial charge in [-0.1, -0.05) is 6.58 Å². The molecule has 1 N–H and O–H groups in total.